The van der Waals surface area contributed by atoms with Crippen LogP contribution >= 0.6 is 15.9 Å². The molecule has 84 valence electrons. The zero-order chi connectivity index (χ0) is 11.4. The third-order valence-corrected chi connectivity index (χ3v) is 3.96. The molecule has 0 saturated heterocycles. The molecule has 1 aliphatic rings. The first-order valence-electron chi connectivity index (χ1n) is 5.96. The molecule has 0 N–H and O–H groups in total. The smallest absolute Gasteiger partial charge is 0.0741 e. The van der Waals surface area contributed by atoms with Crippen LogP contribution in [0.2, 0.25) is 0 Å². The molecule has 1 unspecified atom stereocenters. The Morgan fingerprint density at radius 2 is 2.00 bits per heavy atom. The summed E-state index contributed by atoms with van der Waals surface area (Å²) >= 11 is 3.47. The average molecular weight is 278 g/mol. The van der Waals surface area contributed by atoms with Crippen molar-refractivity contribution < 1.29 is 0 Å². The van der Waals surface area contributed by atoms with Crippen LogP contribution in [0.15, 0.2) is 28.7 Å². The minimum atomic E-state index is 0.0813. The Morgan fingerprint density at radius 3 is 2.62 bits per heavy atom. The van der Waals surface area contributed by atoms with Gasteiger partial charge in [-0.25, -0.2) is 0 Å². The van der Waals surface area contributed by atoms with Gasteiger partial charge in [-0.15, -0.1) is 0 Å². The van der Waals surface area contributed by atoms with Gasteiger partial charge in [0.05, 0.1) is 12.0 Å². The summed E-state index contributed by atoms with van der Waals surface area (Å²) in [5.74, 6) is 0.644. The van der Waals surface area contributed by atoms with Gasteiger partial charge in [0.15, 0.2) is 0 Å². The quantitative estimate of drug-likeness (QED) is 0.773. The highest BCUT2D eigenvalue weighted by Crippen LogP contribution is 2.36. The van der Waals surface area contributed by atoms with Crippen LogP contribution in [0.4, 0.5) is 0 Å². The molecule has 0 radical (unpaired) electrons. The summed E-state index contributed by atoms with van der Waals surface area (Å²) in [5, 5.41) is 9.36. The lowest BCUT2D eigenvalue weighted by atomic mass is 9.77. The van der Waals surface area contributed by atoms with E-state index in [9.17, 15) is 5.26 Å². The maximum absolute atomic E-state index is 9.36. The molecule has 1 aromatic rings. The minimum Gasteiger partial charge on any atom is -0.198 e. The van der Waals surface area contributed by atoms with E-state index in [0.29, 0.717) is 5.92 Å². The molecule has 1 atom stereocenters. The summed E-state index contributed by atoms with van der Waals surface area (Å²) in [6, 6.07) is 10.7. The second-order valence-electron chi connectivity index (χ2n) is 4.56. The highest BCUT2D eigenvalue weighted by Gasteiger charge is 2.24. The predicted molar refractivity (Wildman–Crippen MR) is 69.1 cm³/mol. The van der Waals surface area contributed by atoms with Crippen LogP contribution in [0.5, 0.6) is 0 Å². The molecule has 0 spiro atoms. The van der Waals surface area contributed by atoms with E-state index in [4.69, 9.17) is 0 Å². The van der Waals surface area contributed by atoms with Crippen molar-refractivity contribution >= 4 is 15.9 Å². The van der Waals surface area contributed by atoms with Crippen molar-refractivity contribution in [3.63, 3.8) is 0 Å². The van der Waals surface area contributed by atoms with Crippen molar-refractivity contribution in [2.45, 2.75) is 38.0 Å². The number of hydrogen-bond donors (Lipinski definition) is 0. The van der Waals surface area contributed by atoms with E-state index in [2.05, 4.69) is 34.1 Å². The van der Waals surface area contributed by atoms with Gasteiger partial charge in [-0.3, -0.25) is 0 Å². The molecule has 0 bridgehead atoms. The number of halogens is 1. The van der Waals surface area contributed by atoms with Gasteiger partial charge in [0.1, 0.15) is 0 Å². The molecule has 0 amide bonds. The van der Waals surface area contributed by atoms with Crippen molar-refractivity contribution in [1.82, 2.24) is 0 Å². The van der Waals surface area contributed by atoms with Crippen LogP contribution in [0, 0.1) is 17.2 Å². The van der Waals surface area contributed by atoms with E-state index < -0.39 is 0 Å². The fourth-order valence-electron chi connectivity index (χ4n) is 2.62. The fourth-order valence-corrected chi connectivity index (χ4v) is 3.04. The fraction of sp³-hybridized carbons (Fsp3) is 0.500. The van der Waals surface area contributed by atoms with E-state index in [-0.39, 0.29) is 5.92 Å². The number of hydrogen-bond acceptors (Lipinski definition) is 1. The van der Waals surface area contributed by atoms with Gasteiger partial charge in [-0.1, -0.05) is 47.3 Å². The zero-order valence-corrected chi connectivity index (χ0v) is 10.9. The van der Waals surface area contributed by atoms with Crippen LogP contribution < -0.4 is 0 Å². The van der Waals surface area contributed by atoms with E-state index in [1.807, 2.05) is 12.1 Å². The third-order valence-electron chi connectivity index (χ3n) is 3.47. The molecular weight excluding hydrogens is 262 g/mol. The maximum atomic E-state index is 9.36. The van der Waals surface area contributed by atoms with Crippen molar-refractivity contribution in [2.75, 3.05) is 0 Å². The monoisotopic (exact) mass is 277 g/mol. The Kier molecular flexibility index (Phi) is 4.01. The largest absolute Gasteiger partial charge is 0.198 e. The molecule has 0 aromatic heterocycles. The average Bonchev–Trinajstić information content (AvgIpc) is 2.31. The third kappa shape index (κ3) is 2.65. The van der Waals surface area contributed by atoms with Crippen molar-refractivity contribution in [1.29, 1.82) is 5.26 Å². The Labute approximate surface area is 106 Å². The first-order valence-corrected chi connectivity index (χ1v) is 6.75. The van der Waals surface area contributed by atoms with Crippen molar-refractivity contribution in [3.8, 4) is 6.07 Å². The summed E-state index contributed by atoms with van der Waals surface area (Å²) in [7, 11) is 0. The van der Waals surface area contributed by atoms with Crippen molar-refractivity contribution in [2.24, 2.45) is 5.92 Å². The SMILES string of the molecule is N#CC(c1cccc(Br)c1)C1CCCCC1. The minimum absolute atomic E-state index is 0.0813. The normalized spacial score (nSPS) is 19.0. The summed E-state index contributed by atoms with van der Waals surface area (Å²) < 4.78 is 1.07. The maximum Gasteiger partial charge on any atom is 0.0741 e. The number of rotatable bonds is 2. The van der Waals surface area contributed by atoms with Gasteiger partial charge in [-0.2, -0.15) is 5.26 Å². The molecule has 0 heterocycles. The molecular formula is C14H16BrN. The molecule has 1 aliphatic carbocycles. The number of nitrogens with zero attached hydrogens (tertiary/aromatic N) is 1. The van der Waals surface area contributed by atoms with Crippen LogP contribution in [-0.4, -0.2) is 0 Å². The molecule has 1 fully saturated rings. The molecule has 1 nitrogen and oxygen atoms in total. The van der Waals surface area contributed by atoms with Gasteiger partial charge >= 0.3 is 0 Å². The molecule has 0 aliphatic heterocycles. The molecule has 1 saturated carbocycles. The predicted octanol–water partition coefficient (Wildman–Crippen LogP) is 4.64. The van der Waals surface area contributed by atoms with Gasteiger partial charge in [0.2, 0.25) is 0 Å². The second-order valence-corrected chi connectivity index (χ2v) is 5.48. The Morgan fingerprint density at radius 1 is 1.25 bits per heavy atom. The van der Waals surface area contributed by atoms with Gasteiger partial charge < -0.3 is 0 Å². The molecule has 2 rings (SSSR count). The topological polar surface area (TPSA) is 23.8 Å². The van der Waals surface area contributed by atoms with Gasteiger partial charge in [0, 0.05) is 4.47 Å². The molecule has 16 heavy (non-hydrogen) atoms. The van der Waals surface area contributed by atoms with Crippen molar-refractivity contribution in [3.05, 3.63) is 34.3 Å². The lowest BCUT2D eigenvalue weighted by Gasteiger charge is -2.26. The summed E-state index contributed by atoms with van der Waals surface area (Å²) in [4.78, 5) is 0. The van der Waals surface area contributed by atoms with E-state index in [1.54, 1.807) is 0 Å². The second kappa shape index (κ2) is 5.50. The molecule has 1 aromatic carbocycles. The first-order chi connectivity index (χ1) is 7.81. The van der Waals surface area contributed by atoms with Gasteiger partial charge in [-0.05, 0) is 36.5 Å². The zero-order valence-electron chi connectivity index (χ0n) is 9.32. The van der Waals surface area contributed by atoms with Crippen LogP contribution in [-0.2, 0) is 0 Å². The summed E-state index contributed by atoms with van der Waals surface area (Å²) in [5.41, 5.74) is 1.17. The highest BCUT2D eigenvalue weighted by atomic mass is 79.9. The van der Waals surface area contributed by atoms with Crippen LogP contribution in [0.3, 0.4) is 0 Å². The van der Waals surface area contributed by atoms with Crippen LogP contribution in [0.1, 0.15) is 43.6 Å². The summed E-state index contributed by atoms with van der Waals surface area (Å²) in [6.07, 6.45) is 6.34. The Balaban J connectivity index is 2.18. The lowest BCUT2D eigenvalue weighted by Crippen LogP contribution is -2.15. The van der Waals surface area contributed by atoms with E-state index in [1.165, 1.54) is 37.7 Å². The highest BCUT2D eigenvalue weighted by molar-refractivity contribution is 9.10. The number of benzene rings is 1. The van der Waals surface area contributed by atoms with Crippen LogP contribution in [0.25, 0.3) is 0 Å². The standard InChI is InChI=1S/C14H16BrN/c15-13-8-4-7-12(9-13)14(10-16)11-5-2-1-3-6-11/h4,7-9,11,14H,1-3,5-6H2. The molecule has 2 heteroatoms. The first kappa shape index (κ1) is 11.7. The summed E-state index contributed by atoms with van der Waals surface area (Å²) in [6.45, 7) is 0. The Hall–Kier alpha value is -0.810. The van der Waals surface area contributed by atoms with Gasteiger partial charge in [0.25, 0.3) is 0 Å². The lowest BCUT2D eigenvalue weighted by molar-refractivity contribution is 0.335. The number of nitriles is 1. The van der Waals surface area contributed by atoms with E-state index >= 15 is 0 Å². The Bertz CT molecular complexity index is 388. The van der Waals surface area contributed by atoms with E-state index in [0.717, 1.165) is 4.47 Å².